The standard InChI is InChI=1S/C14H22FNO/c1-5-9-14(2,3)16-10-11-7-6-8-12(17-4)13(11)15/h6-8,16H,5,9-10H2,1-4H3. The molecule has 0 amide bonds. The molecule has 1 aromatic rings. The van der Waals surface area contributed by atoms with Crippen LogP contribution in [0, 0.1) is 5.82 Å². The van der Waals surface area contributed by atoms with Crippen LogP contribution in [0.15, 0.2) is 18.2 Å². The molecule has 96 valence electrons. The zero-order valence-corrected chi connectivity index (χ0v) is 11.1. The lowest BCUT2D eigenvalue weighted by Gasteiger charge is -2.26. The minimum atomic E-state index is -0.269. The molecule has 0 unspecified atom stereocenters. The molecule has 2 nitrogen and oxygen atoms in total. The average molecular weight is 239 g/mol. The normalized spacial score (nSPS) is 11.6. The van der Waals surface area contributed by atoms with Gasteiger partial charge in [0.05, 0.1) is 7.11 Å². The Kier molecular flexibility index (Phi) is 4.94. The minimum absolute atomic E-state index is 0.0320. The zero-order valence-electron chi connectivity index (χ0n) is 11.1. The summed E-state index contributed by atoms with van der Waals surface area (Å²) in [6.45, 7) is 6.94. The fourth-order valence-corrected chi connectivity index (χ4v) is 1.90. The Morgan fingerprint density at radius 3 is 2.65 bits per heavy atom. The second-order valence-electron chi connectivity index (χ2n) is 4.92. The molecule has 0 aliphatic rings. The van der Waals surface area contributed by atoms with Crippen molar-refractivity contribution in [3.8, 4) is 5.75 Å². The summed E-state index contributed by atoms with van der Waals surface area (Å²) in [5, 5.41) is 3.37. The van der Waals surface area contributed by atoms with Gasteiger partial charge in [-0.3, -0.25) is 0 Å². The number of benzene rings is 1. The van der Waals surface area contributed by atoms with E-state index >= 15 is 0 Å². The van der Waals surface area contributed by atoms with Gasteiger partial charge in [0.25, 0.3) is 0 Å². The molecular formula is C14H22FNO. The van der Waals surface area contributed by atoms with Gasteiger partial charge < -0.3 is 10.1 Å². The maximum absolute atomic E-state index is 13.9. The number of rotatable bonds is 6. The highest BCUT2D eigenvalue weighted by Crippen LogP contribution is 2.21. The number of hydrogen-bond donors (Lipinski definition) is 1. The van der Waals surface area contributed by atoms with Gasteiger partial charge >= 0.3 is 0 Å². The first kappa shape index (κ1) is 14.0. The third kappa shape index (κ3) is 4.00. The molecule has 0 spiro atoms. The molecule has 0 bridgehead atoms. The second kappa shape index (κ2) is 6.01. The Morgan fingerprint density at radius 2 is 2.06 bits per heavy atom. The molecule has 0 radical (unpaired) electrons. The van der Waals surface area contributed by atoms with Crippen LogP contribution in [0.5, 0.6) is 5.75 Å². The van der Waals surface area contributed by atoms with E-state index < -0.39 is 0 Å². The van der Waals surface area contributed by atoms with Crippen molar-refractivity contribution in [2.75, 3.05) is 7.11 Å². The van der Waals surface area contributed by atoms with E-state index in [1.54, 1.807) is 12.1 Å². The lowest BCUT2D eigenvalue weighted by Crippen LogP contribution is -2.38. The molecule has 0 saturated heterocycles. The molecule has 0 heterocycles. The fourth-order valence-electron chi connectivity index (χ4n) is 1.90. The average Bonchev–Trinajstić information content (AvgIpc) is 2.28. The first-order valence-electron chi connectivity index (χ1n) is 6.06. The van der Waals surface area contributed by atoms with E-state index in [-0.39, 0.29) is 11.4 Å². The highest BCUT2D eigenvalue weighted by Gasteiger charge is 2.16. The lowest BCUT2D eigenvalue weighted by atomic mass is 9.98. The topological polar surface area (TPSA) is 21.3 Å². The van der Waals surface area contributed by atoms with Crippen molar-refractivity contribution in [1.82, 2.24) is 5.32 Å². The van der Waals surface area contributed by atoms with Crippen LogP contribution < -0.4 is 10.1 Å². The Balaban J connectivity index is 2.69. The highest BCUT2D eigenvalue weighted by molar-refractivity contribution is 5.31. The van der Waals surface area contributed by atoms with Gasteiger partial charge in [0.2, 0.25) is 0 Å². The Bertz CT molecular complexity index is 363. The minimum Gasteiger partial charge on any atom is -0.494 e. The summed E-state index contributed by atoms with van der Waals surface area (Å²) in [5.74, 6) is 0.0346. The molecule has 0 aromatic heterocycles. The van der Waals surface area contributed by atoms with E-state index in [1.165, 1.54) is 7.11 Å². The smallest absolute Gasteiger partial charge is 0.169 e. The van der Waals surface area contributed by atoms with Crippen molar-refractivity contribution in [3.05, 3.63) is 29.6 Å². The summed E-state index contributed by atoms with van der Waals surface area (Å²) in [6, 6.07) is 5.23. The van der Waals surface area contributed by atoms with Crippen LogP contribution in [-0.4, -0.2) is 12.6 Å². The van der Waals surface area contributed by atoms with Gasteiger partial charge in [-0.15, -0.1) is 0 Å². The van der Waals surface area contributed by atoms with Gasteiger partial charge in [-0.25, -0.2) is 4.39 Å². The van der Waals surface area contributed by atoms with Crippen molar-refractivity contribution < 1.29 is 9.13 Å². The fraction of sp³-hybridized carbons (Fsp3) is 0.571. The molecule has 0 aliphatic carbocycles. The molecule has 1 aromatic carbocycles. The molecule has 1 rings (SSSR count). The van der Waals surface area contributed by atoms with Crippen LogP contribution in [-0.2, 0) is 6.54 Å². The number of nitrogens with one attached hydrogen (secondary N) is 1. The van der Waals surface area contributed by atoms with Crippen molar-refractivity contribution in [1.29, 1.82) is 0 Å². The quantitative estimate of drug-likeness (QED) is 0.820. The summed E-state index contributed by atoms with van der Waals surface area (Å²) >= 11 is 0. The van der Waals surface area contributed by atoms with Crippen molar-refractivity contribution in [2.24, 2.45) is 0 Å². The number of halogens is 1. The predicted molar refractivity (Wildman–Crippen MR) is 68.8 cm³/mol. The third-order valence-corrected chi connectivity index (χ3v) is 2.90. The third-order valence-electron chi connectivity index (χ3n) is 2.90. The number of methoxy groups -OCH3 is 1. The maximum Gasteiger partial charge on any atom is 0.169 e. The summed E-state index contributed by atoms with van der Waals surface area (Å²) < 4.78 is 18.8. The van der Waals surface area contributed by atoms with E-state index in [9.17, 15) is 4.39 Å². The SMILES string of the molecule is CCCC(C)(C)NCc1cccc(OC)c1F. The molecule has 0 fully saturated rings. The Morgan fingerprint density at radius 1 is 1.35 bits per heavy atom. The van der Waals surface area contributed by atoms with E-state index in [0.717, 1.165) is 12.8 Å². The summed E-state index contributed by atoms with van der Waals surface area (Å²) in [6.07, 6.45) is 2.18. The van der Waals surface area contributed by atoms with Gasteiger partial charge in [0.15, 0.2) is 11.6 Å². The highest BCUT2D eigenvalue weighted by atomic mass is 19.1. The van der Waals surface area contributed by atoms with Crippen molar-refractivity contribution in [3.63, 3.8) is 0 Å². The molecule has 1 N–H and O–H groups in total. The van der Waals surface area contributed by atoms with E-state index in [0.29, 0.717) is 17.9 Å². The molecule has 17 heavy (non-hydrogen) atoms. The first-order valence-corrected chi connectivity index (χ1v) is 6.06. The monoisotopic (exact) mass is 239 g/mol. The molecule has 0 saturated carbocycles. The lowest BCUT2D eigenvalue weighted by molar-refractivity contribution is 0.348. The van der Waals surface area contributed by atoms with Gasteiger partial charge in [-0.1, -0.05) is 25.5 Å². The largest absolute Gasteiger partial charge is 0.494 e. The molecule has 0 aliphatic heterocycles. The van der Waals surface area contributed by atoms with Crippen molar-refractivity contribution >= 4 is 0 Å². The Labute approximate surface area is 103 Å². The van der Waals surface area contributed by atoms with E-state index in [1.807, 2.05) is 6.07 Å². The van der Waals surface area contributed by atoms with Gasteiger partial charge in [-0.2, -0.15) is 0 Å². The predicted octanol–water partition coefficient (Wildman–Crippen LogP) is 3.50. The number of hydrogen-bond acceptors (Lipinski definition) is 2. The molecular weight excluding hydrogens is 217 g/mol. The van der Waals surface area contributed by atoms with Gasteiger partial charge in [0, 0.05) is 17.6 Å². The van der Waals surface area contributed by atoms with Crippen LogP contribution in [0.4, 0.5) is 4.39 Å². The Hall–Kier alpha value is -1.09. The maximum atomic E-state index is 13.9. The zero-order chi connectivity index (χ0) is 12.9. The van der Waals surface area contributed by atoms with Crippen LogP contribution in [0.2, 0.25) is 0 Å². The van der Waals surface area contributed by atoms with Crippen LogP contribution in [0.3, 0.4) is 0 Å². The summed E-state index contributed by atoms with van der Waals surface area (Å²) in [7, 11) is 1.48. The van der Waals surface area contributed by atoms with E-state index in [2.05, 4.69) is 26.1 Å². The van der Waals surface area contributed by atoms with Crippen molar-refractivity contribution in [2.45, 2.75) is 45.7 Å². The van der Waals surface area contributed by atoms with Crippen LogP contribution in [0.1, 0.15) is 39.2 Å². The molecule has 3 heteroatoms. The first-order chi connectivity index (χ1) is 8.00. The van der Waals surface area contributed by atoms with E-state index in [4.69, 9.17) is 4.74 Å². The summed E-state index contributed by atoms with van der Waals surface area (Å²) in [4.78, 5) is 0. The van der Waals surface area contributed by atoms with Crippen LogP contribution in [0.25, 0.3) is 0 Å². The van der Waals surface area contributed by atoms with Gasteiger partial charge in [0.1, 0.15) is 0 Å². The van der Waals surface area contributed by atoms with Gasteiger partial charge in [-0.05, 0) is 26.3 Å². The second-order valence-corrected chi connectivity index (χ2v) is 4.92. The summed E-state index contributed by atoms with van der Waals surface area (Å²) in [5.41, 5.74) is 0.679. The van der Waals surface area contributed by atoms with Crippen LogP contribution >= 0.6 is 0 Å². The molecule has 0 atom stereocenters. The number of ether oxygens (including phenoxy) is 1.